The van der Waals surface area contributed by atoms with Crippen molar-refractivity contribution in [2.75, 3.05) is 10.7 Å². The maximum atomic E-state index is 13.1. The molecule has 0 bridgehead atoms. The van der Waals surface area contributed by atoms with Crippen LogP contribution >= 0.6 is 39.3 Å². The number of halogens is 2. The Labute approximate surface area is 173 Å². The summed E-state index contributed by atoms with van der Waals surface area (Å²) in [5, 5.41) is 11.9. The van der Waals surface area contributed by atoms with Crippen molar-refractivity contribution in [2.24, 2.45) is 0 Å². The summed E-state index contributed by atoms with van der Waals surface area (Å²) in [4.78, 5) is 13.1. The maximum absolute atomic E-state index is 13.1. The average Bonchev–Trinajstić information content (AvgIpc) is 3.04. The third-order valence-corrected chi connectivity index (χ3v) is 6.23. The summed E-state index contributed by atoms with van der Waals surface area (Å²) >= 11 is 11.0. The number of aromatic nitrogens is 3. The van der Waals surface area contributed by atoms with Crippen LogP contribution < -0.4 is 10.7 Å². The fraction of sp³-hybridized carbons (Fsp3) is 0.167. The van der Waals surface area contributed by atoms with Crippen LogP contribution in [0.15, 0.2) is 58.2 Å². The van der Waals surface area contributed by atoms with E-state index in [0.29, 0.717) is 15.9 Å². The summed E-state index contributed by atoms with van der Waals surface area (Å²) in [7, 11) is 0. The Hall–Kier alpha value is -2.03. The second-order valence-corrected chi connectivity index (χ2v) is 8.47. The van der Waals surface area contributed by atoms with Crippen LogP contribution in [0.4, 0.5) is 5.69 Å². The van der Waals surface area contributed by atoms with E-state index in [4.69, 9.17) is 11.6 Å². The van der Waals surface area contributed by atoms with Crippen LogP contribution in [0.5, 0.6) is 0 Å². The Bertz CT molecular complexity index is 997. The molecule has 138 valence electrons. The van der Waals surface area contributed by atoms with Crippen LogP contribution in [0.3, 0.4) is 0 Å². The molecule has 9 heteroatoms. The van der Waals surface area contributed by atoms with E-state index < -0.39 is 5.25 Å². The van der Waals surface area contributed by atoms with Gasteiger partial charge in [-0.2, -0.15) is 0 Å². The highest BCUT2D eigenvalue weighted by molar-refractivity contribution is 9.10. The number of amides is 1. The lowest BCUT2D eigenvalue weighted by Crippen LogP contribution is -2.41. The minimum Gasteiger partial charge on any atom is -0.324 e. The third-order valence-electron chi connectivity index (χ3n) is 4.20. The third kappa shape index (κ3) is 3.69. The van der Waals surface area contributed by atoms with Gasteiger partial charge in [-0.1, -0.05) is 69.6 Å². The molecule has 0 saturated carbocycles. The Balaban J connectivity index is 1.66. The summed E-state index contributed by atoms with van der Waals surface area (Å²) in [5.41, 5.74) is 4.95. The van der Waals surface area contributed by atoms with Crippen molar-refractivity contribution in [2.45, 2.75) is 23.4 Å². The van der Waals surface area contributed by atoms with Crippen LogP contribution in [0.25, 0.3) is 0 Å². The van der Waals surface area contributed by atoms with Gasteiger partial charge in [0.15, 0.2) is 0 Å². The minimum absolute atomic E-state index is 0.155. The monoisotopic (exact) mass is 463 g/mol. The fourth-order valence-corrected chi connectivity index (χ4v) is 4.71. The number of benzene rings is 2. The van der Waals surface area contributed by atoms with E-state index >= 15 is 0 Å². The van der Waals surface area contributed by atoms with Gasteiger partial charge >= 0.3 is 0 Å². The van der Waals surface area contributed by atoms with Crippen molar-refractivity contribution < 1.29 is 4.79 Å². The average molecular weight is 465 g/mol. The first kappa shape index (κ1) is 18.3. The van der Waals surface area contributed by atoms with E-state index in [1.807, 2.05) is 48.0 Å². The molecule has 4 rings (SSSR count). The molecule has 0 spiro atoms. The number of fused-ring (bicyclic) bond motifs is 1. The highest BCUT2D eigenvalue weighted by Gasteiger charge is 2.37. The number of hydrogen-bond donors (Lipinski definition) is 2. The van der Waals surface area contributed by atoms with Crippen molar-refractivity contribution >= 4 is 50.9 Å². The molecule has 2 heterocycles. The smallest absolute Gasteiger partial charge is 0.240 e. The molecule has 6 nitrogen and oxygen atoms in total. The molecule has 0 radical (unpaired) electrons. The number of nitrogens with one attached hydrogen (secondary N) is 2. The van der Waals surface area contributed by atoms with E-state index in [1.54, 1.807) is 12.1 Å². The highest BCUT2D eigenvalue weighted by atomic mass is 79.9. The lowest BCUT2D eigenvalue weighted by molar-refractivity contribution is -0.116. The maximum Gasteiger partial charge on any atom is 0.240 e. The molecule has 0 saturated heterocycles. The Morgan fingerprint density at radius 2 is 2.04 bits per heavy atom. The fourth-order valence-electron chi connectivity index (χ4n) is 2.87. The lowest BCUT2D eigenvalue weighted by Gasteiger charge is -2.32. The molecular formula is C18H15BrClN5OS. The van der Waals surface area contributed by atoms with E-state index in [-0.39, 0.29) is 11.9 Å². The summed E-state index contributed by atoms with van der Waals surface area (Å²) in [5.74, 6) is 0.589. The van der Waals surface area contributed by atoms with Gasteiger partial charge in [0.1, 0.15) is 11.1 Å². The number of aryl methyl sites for hydroxylation is 1. The SMILES string of the molecule is Cc1nnc2n1N[C@@H](c1ccccc1)[C@H](C(=O)Nc1ccc(Br)cc1Cl)S2. The van der Waals surface area contributed by atoms with Crippen molar-refractivity contribution in [3.63, 3.8) is 0 Å². The number of rotatable bonds is 3. The molecule has 0 aliphatic carbocycles. The number of carbonyl (C=O) groups excluding carboxylic acids is 1. The van der Waals surface area contributed by atoms with Gasteiger partial charge in [0.25, 0.3) is 0 Å². The molecule has 1 amide bonds. The number of thioether (sulfide) groups is 1. The highest BCUT2D eigenvalue weighted by Crippen LogP contribution is 2.38. The standard InChI is InChI=1S/C18H15BrClN5OS/c1-10-22-23-18-25(10)24-15(11-5-3-2-4-6-11)16(27-18)17(26)21-14-8-7-12(19)9-13(14)20/h2-9,15-16,24H,1H3,(H,21,26)/t15-,16+/m0/s1. The normalized spacial score (nSPS) is 18.5. The van der Waals surface area contributed by atoms with Gasteiger partial charge in [0.2, 0.25) is 11.1 Å². The van der Waals surface area contributed by atoms with Crippen LogP contribution in [-0.2, 0) is 4.79 Å². The molecule has 0 unspecified atom stereocenters. The number of carbonyl (C=O) groups is 1. The molecule has 27 heavy (non-hydrogen) atoms. The lowest BCUT2D eigenvalue weighted by atomic mass is 10.0. The van der Waals surface area contributed by atoms with Crippen LogP contribution in [0.1, 0.15) is 17.4 Å². The molecule has 2 aromatic carbocycles. The predicted octanol–water partition coefficient (Wildman–Crippen LogP) is 4.40. The van der Waals surface area contributed by atoms with E-state index in [9.17, 15) is 4.79 Å². The van der Waals surface area contributed by atoms with Gasteiger partial charge in [0, 0.05) is 4.47 Å². The Morgan fingerprint density at radius 3 is 2.78 bits per heavy atom. The largest absolute Gasteiger partial charge is 0.324 e. The molecule has 3 aromatic rings. The van der Waals surface area contributed by atoms with Crippen molar-refractivity contribution in [3.05, 3.63) is 69.4 Å². The molecule has 1 aliphatic heterocycles. The molecule has 2 N–H and O–H groups in total. The first-order valence-electron chi connectivity index (χ1n) is 8.19. The summed E-state index contributed by atoms with van der Waals surface area (Å²) in [6.07, 6.45) is 0. The van der Waals surface area contributed by atoms with Gasteiger partial charge in [-0.15, -0.1) is 10.2 Å². The molecule has 2 atom stereocenters. The quantitative estimate of drug-likeness (QED) is 0.601. The summed E-state index contributed by atoms with van der Waals surface area (Å²) in [6, 6.07) is 15.0. The second-order valence-electron chi connectivity index (χ2n) is 6.03. The summed E-state index contributed by atoms with van der Waals surface area (Å²) < 4.78 is 2.67. The van der Waals surface area contributed by atoms with Crippen LogP contribution in [0.2, 0.25) is 5.02 Å². The zero-order valence-corrected chi connectivity index (χ0v) is 17.3. The van der Waals surface area contributed by atoms with Gasteiger partial charge in [-0.05, 0) is 30.7 Å². The van der Waals surface area contributed by atoms with Gasteiger partial charge < -0.3 is 10.7 Å². The van der Waals surface area contributed by atoms with E-state index in [2.05, 4.69) is 36.9 Å². The Kier molecular flexibility index (Phi) is 5.12. The number of nitrogens with zero attached hydrogens (tertiary/aromatic N) is 3. The number of anilines is 1. The molecule has 1 aliphatic rings. The van der Waals surface area contributed by atoms with Crippen LogP contribution in [-0.4, -0.2) is 26.0 Å². The van der Waals surface area contributed by atoms with Gasteiger partial charge in [-0.25, -0.2) is 4.68 Å². The van der Waals surface area contributed by atoms with Gasteiger partial charge in [0.05, 0.1) is 16.8 Å². The van der Waals surface area contributed by atoms with Crippen molar-refractivity contribution in [3.8, 4) is 0 Å². The van der Waals surface area contributed by atoms with Gasteiger partial charge in [-0.3, -0.25) is 4.79 Å². The number of hydrogen-bond acceptors (Lipinski definition) is 5. The zero-order valence-electron chi connectivity index (χ0n) is 14.2. The molecule has 1 aromatic heterocycles. The van der Waals surface area contributed by atoms with Crippen molar-refractivity contribution in [1.29, 1.82) is 0 Å². The van der Waals surface area contributed by atoms with Crippen LogP contribution in [0, 0.1) is 6.92 Å². The molecular weight excluding hydrogens is 450 g/mol. The van der Waals surface area contributed by atoms with E-state index in [1.165, 1.54) is 11.8 Å². The topological polar surface area (TPSA) is 71.8 Å². The van der Waals surface area contributed by atoms with E-state index in [0.717, 1.165) is 15.9 Å². The minimum atomic E-state index is -0.441. The first-order chi connectivity index (χ1) is 13.0. The zero-order chi connectivity index (χ0) is 19.0. The second kappa shape index (κ2) is 7.53. The Morgan fingerprint density at radius 1 is 1.26 bits per heavy atom. The molecule has 0 fully saturated rings. The van der Waals surface area contributed by atoms with Crippen molar-refractivity contribution in [1.82, 2.24) is 14.9 Å². The first-order valence-corrected chi connectivity index (χ1v) is 10.2. The summed E-state index contributed by atoms with van der Waals surface area (Å²) in [6.45, 7) is 1.87. The predicted molar refractivity (Wildman–Crippen MR) is 111 cm³/mol.